The molecule has 0 unspecified atom stereocenters. The zero-order valence-electron chi connectivity index (χ0n) is 7.01. The molecule has 0 saturated heterocycles. The number of anilines is 1. The highest BCUT2D eigenvalue weighted by Gasteiger charge is 2.01. The van der Waals surface area contributed by atoms with Gasteiger partial charge in [-0.2, -0.15) is 0 Å². The molecule has 2 heterocycles. The molecule has 64 valence electrons. The third kappa shape index (κ3) is 1.49. The molecule has 0 radical (unpaired) electrons. The topological polar surface area (TPSA) is 51.8 Å². The van der Waals surface area contributed by atoms with E-state index >= 15 is 0 Å². The number of nitrogen functional groups attached to an aromatic ring is 1. The van der Waals surface area contributed by atoms with Gasteiger partial charge in [-0.15, -0.1) is 0 Å². The second kappa shape index (κ2) is 3.23. The van der Waals surface area contributed by atoms with Crippen LogP contribution in [0.2, 0.25) is 0 Å². The minimum Gasteiger partial charge on any atom is -0.397 e. The molecule has 0 saturated carbocycles. The van der Waals surface area contributed by atoms with Crippen LogP contribution in [0, 0.1) is 0 Å². The molecular formula is C10H9N3. The van der Waals surface area contributed by atoms with Gasteiger partial charge in [0.2, 0.25) is 0 Å². The zero-order valence-corrected chi connectivity index (χ0v) is 7.01. The molecule has 0 aromatic carbocycles. The van der Waals surface area contributed by atoms with E-state index in [9.17, 15) is 0 Å². The van der Waals surface area contributed by atoms with Gasteiger partial charge in [0.05, 0.1) is 11.4 Å². The van der Waals surface area contributed by atoms with Crippen LogP contribution in [-0.4, -0.2) is 9.97 Å². The Labute approximate surface area is 76.3 Å². The molecule has 0 atom stereocenters. The van der Waals surface area contributed by atoms with Gasteiger partial charge in [-0.1, -0.05) is 0 Å². The first-order chi connectivity index (χ1) is 6.38. The largest absolute Gasteiger partial charge is 0.397 e. The van der Waals surface area contributed by atoms with Gasteiger partial charge < -0.3 is 5.73 Å². The maximum Gasteiger partial charge on any atom is 0.0946 e. The highest BCUT2D eigenvalue weighted by Crippen LogP contribution is 2.20. The standard InChI is InChI=1S/C10H9N3/c11-9-4-2-6-13-10(9)8-3-1-5-12-7-8/h1-7H,11H2. The van der Waals surface area contributed by atoms with Crippen LogP contribution in [0.25, 0.3) is 11.3 Å². The molecule has 2 aromatic heterocycles. The number of hydrogen-bond donors (Lipinski definition) is 1. The fourth-order valence-electron chi connectivity index (χ4n) is 1.16. The Morgan fingerprint density at radius 3 is 2.62 bits per heavy atom. The average Bonchev–Trinajstić information content (AvgIpc) is 2.20. The summed E-state index contributed by atoms with van der Waals surface area (Å²) in [7, 11) is 0. The first-order valence-electron chi connectivity index (χ1n) is 3.99. The van der Waals surface area contributed by atoms with E-state index in [-0.39, 0.29) is 0 Å². The first-order valence-corrected chi connectivity index (χ1v) is 3.99. The Bertz CT molecular complexity index is 398. The predicted molar refractivity (Wildman–Crippen MR) is 51.9 cm³/mol. The van der Waals surface area contributed by atoms with E-state index < -0.39 is 0 Å². The molecule has 0 bridgehead atoms. The van der Waals surface area contributed by atoms with E-state index in [1.54, 1.807) is 18.6 Å². The Hall–Kier alpha value is -1.90. The maximum absolute atomic E-state index is 5.76. The highest BCUT2D eigenvalue weighted by atomic mass is 14.7. The summed E-state index contributed by atoms with van der Waals surface area (Å²) in [6.07, 6.45) is 5.19. The van der Waals surface area contributed by atoms with Gasteiger partial charge in [-0.05, 0) is 24.3 Å². The van der Waals surface area contributed by atoms with Gasteiger partial charge in [-0.25, -0.2) is 0 Å². The van der Waals surface area contributed by atoms with Crippen molar-refractivity contribution in [3.63, 3.8) is 0 Å². The second-order valence-electron chi connectivity index (χ2n) is 2.68. The zero-order chi connectivity index (χ0) is 9.10. The number of pyridine rings is 2. The van der Waals surface area contributed by atoms with E-state index in [4.69, 9.17) is 5.73 Å². The van der Waals surface area contributed by atoms with Gasteiger partial charge in [0.1, 0.15) is 0 Å². The smallest absolute Gasteiger partial charge is 0.0946 e. The van der Waals surface area contributed by atoms with Crippen LogP contribution in [-0.2, 0) is 0 Å². The minimum atomic E-state index is 0.676. The number of aromatic nitrogens is 2. The van der Waals surface area contributed by atoms with Crippen molar-refractivity contribution < 1.29 is 0 Å². The van der Waals surface area contributed by atoms with Crippen LogP contribution >= 0.6 is 0 Å². The highest BCUT2D eigenvalue weighted by molar-refractivity contribution is 5.71. The van der Waals surface area contributed by atoms with Crippen molar-refractivity contribution in [2.75, 3.05) is 5.73 Å². The molecule has 2 N–H and O–H groups in total. The summed E-state index contributed by atoms with van der Waals surface area (Å²) in [6, 6.07) is 7.44. The van der Waals surface area contributed by atoms with Crippen LogP contribution < -0.4 is 5.73 Å². The van der Waals surface area contributed by atoms with E-state index in [0.717, 1.165) is 11.3 Å². The Morgan fingerprint density at radius 2 is 1.92 bits per heavy atom. The van der Waals surface area contributed by atoms with Gasteiger partial charge in [0, 0.05) is 24.2 Å². The molecule has 2 rings (SSSR count). The lowest BCUT2D eigenvalue weighted by Gasteiger charge is -2.02. The molecule has 2 aromatic rings. The Morgan fingerprint density at radius 1 is 1.08 bits per heavy atom. The van der Waals surface area contributed by atoms with Crippen molar-refractivity contribution in [2.45, 2.75) is 0 Å². The Balaban J connectivity index is 2.54. The summed E-state index contributed by atoms with van der Waals surface area (Å²) in [5.41, 5.74) is 8.17. The van der Waals surface area contributed by atoms with Crippen molar-refractivity contribution >= 4 is 5.69 Å². The van der Waals surface area contributed by atoms with Crippen molar-refractivity contribution in [1.82, 2.24) is 9.97 Å². The van der Waals surface area contributed by atoms with Gasteiger partial charge in [0.15, 0.2) is 0 Å². The summed E-state index contributed by atoms with van der Waals surface area (Å²) < 4.78 is 0. The molecule has 0 aliphatic carbocycles. The molecule has 0 fully saturated rings. The summed E-state index contributed by atoms with van der Waals surface area (Å²) in [5.74, 6) is 0. The number of hydrogen-bond acceptors (Lipinski definition) is 3. The van der Waals surface area contributed by atoms with Gasteiger partial charge >= 0.3 is 0 Å². The van der Waals surface area contributed by atoms with Crippen LogP contribution in [0.15, 0.2) is 42.9 Å². The quantitative estimate of drug-likeness (QED) is 0.710. The van der Waals surface area contributed by atoms with Crippen molar-refractivity contribution in [1.29, 1.82) is 0 Å². The lowest BCUT2D eigenvalue weighted by molar-refractivity contribution is 1.28. The van der Waals surface area contributed by atoms with E-state index in [2.05, 4.69) is 9.97 Å². The van der Waals surface area contributed by atoms with Crippen LogP contribution in [0.5, 0.6) is 0 Å². The number of nitrogens with zero attached hydrogens (tertiary/aromatic N) is 2. The summed E-state index contributed by atoms with van der Waals surface area (Å²) in [5, 5.41) is 0. The molecule has 0 aliphatic rings. The van der Waals surface area contributed by atoms with Crippen molar-refractivity contribution in [3.05, 3.63) is 42.9 Å². The monoisotopic (exact) mass is 171 g/mol. The maximum atomic E-state index is 5.76. The molecule has 13 heavy (non-hydrogen) atoms. The fraction of sp³-hybridized carbons (Fsp3) is 0. The Kier molecular flexibility index (Phi) is 1.92. The first kappa shape index (κ1) is 7.73. The normalized spacial score (nSPS) is 9.85. The second-order valence-corrected chi connectivity index (χ2v) is 2.68. The predicted octanol–water partition coefficient (Wildman–Crippen LogP) is 1.73. The van der Waals surface area contributed by atoms with Crippen molar-refractivity contribution in [3.8, 4) is 11.3 Å². The lowest BCUT2D eigenvalue weighted by atomic mass is 10.1. The molecule has 0 amide bonds. The fourth-order valence-corrected chi connectivity index (χ4v) is 1.16. The minimum absolute atomic E-state index is 0.676. The molecular weight excluding hydrogens is 162 g/mol. The summed E-state index contributed by atoms with van der Waals surface area (Å²) in [4.78, 5) is 8.19. The third-order valence-corrected chi connectivity index (χ3v) is 1.77. The van der Waals surface area contributed by atoms with Gasteiger partial charge in [-0.3, -0.25) is 9.97 Å². The van der Waals surface area contributed by atoms with Crippen molar-refractivity contribution in [2.24, 2.45) is 0 Å². The average molecular weight is 171 g/mol. The molecule has 0 aliphatic heterocycles. The lowest BCUT2D eigenvalue weighted by Crippen LogP contribution is -1.92. The number of nitrogens with two attached hydrogens (primary N) is 1. The SMILES string of the molecule is Nc1cccnc1-c1cccnc1. The number of rotatable bonds is 1. The van der Waals surface area contributed by atoms with E-state index in [1.807, 2.05) is 24.3 Å². The van der Waals surface area contributed by atoms with Crippen LogP contribution in [0.3, 0.4) is 0 Å². The van der Waals surface area contributed by atoms with Gasteiger partial charge in [0.25, 0.3) is 0 Å². The third-order valence-electron chi connectivity index (χ3n) is 1.77. The van der Waals surface area contributed by atoms with Crippen LogP contribution in [0.4, 0.5) is 5.69 Å². The van der Waals surface area contributed by atoms with E-state index in [0.29, 0.717) is 5.69 Å². The molecule has 3 nitrogen and oxygen atoms in total. The van der Waals surface area contributed by atoms with E-state index in [1.165, 1.54) is 0 Å². The molecule has 0 spiro atoms. The summed E-state index contributed by atoms with van der Waals surface area (Å²) >= 11 is 0. The van der Waals surface area contributed by atoms with Crippen LogP contribution in [0.1, 0.15) is 0 Å². The summed E-state index contributed by atoms with van der Waals surface area (Å²) in [6.45, 7) is 0. The molecule has 3 heteroatoms.